The zero-order valence-corrected chi connectivity index (χ0v) is 14.9. The van der Waals surface area contributed by atoms with Gasteiger partial charge in [0.05, 0.1) is 6.33 Å². The zero-order valence-electron chi connectivity index (χ0n) is 14.9. The maximum atomic E-state index is 12.4. The van der Waals surface area contributed by atoms with E-state index in [2.05, 4.69) is 24.8 Å². The fraction of sp³-hybridized carbons (Fsp3) is 0.556. The van der Waals surface area contributed by atoms with E-state index >= 15 is 0 Å². The largest absolute Gasteiger partial charge is 0.384 e. The predicted octanol–water partition coefficient (Wildman–Crippen LogP) is 1.23. The summed E-state index contributed by atoms with van der Waals surface area (Å²) in [5.74, 6) is 1.45. The Balaban J connectivity index is 1.45. The molecule has 2 aromatic heterocycles. The van der Waals surface area contributed by atoms with Crippen LogP contribution in [-0.2, 0) is 11.2 Å². The van der Waals surface area contributed by atoms with Gasteiger partial charge in [-0.1, -0.05) is 0 Å². The van der Waals surface area contributed by atoms with E-state index < -0.39 is 0 Å². The number of imidazole rings is 1. The van der Waals surface area contributed by atoms with Gasteiger partial charge in [-0.05, 0) is 25.3 Å². The number of nitrogens with two attached hydrogens (primary N) is 1. The summed E-state index contributed by atoms with van der Waals surface area (Å²) in [6.45, 7) is 3.36. The Morgan fingerprint density at radius 3 is 3.04 bits per heavy atom. The van der Waals surface area contributed by atoms with E-state index in [1.807, 2.05) is 11.1 Å². The van der Waals surface area contributed by atoms with Gasteiger partial charge in [-0.25, -0.2) is 9.97 Å². The van der Waals surface area contributed by atoms with Crippen LogP contribution in [0.3, 0.4) is 0 Å². The molecule has 0 unspecified atom stereocenters. The van der Waals surface area contributed by atoms with E-state index in [1.54, 1.807) is 18.6 Å². The summed E-state index contributed by atoms with van der Waals surface area (Å²) in [6.07, 6.45) is 9.80. The summed E-state index contributed by atoms with van der Waals surface area (Å²) >= 11 is 0. The molecule has 0 bridgehead atoms. The number of amides is 1. The zero-order chi connectivity index (χ0) is 18.0. The lowest BCUT2D eigenvalue weighted by Crippen LogP contribution is -2.54. The third kappa shape index (κ3) is 3.49. The van der Waals surface area contributed by atoms with Gasteiger partial charge in [0, 0.05) is 62.5 Å². The molecule has 8 nitrogen and oxygen atoms in total. The van der Waals surface area contributed by atoms with E-state index in [4.69, 9.17) is 5.73 Å². The Kier molecular flexibility index (Phi) is 4.48. The van der Waals surface area contributed by atoms with E-state index in [0.717, 1.165) is 57.6 Å². The Bertz CT molecular complexity index is 763. The van der Waals surface area contributed by atoms with Crippen LogP contribution in [0.5, 0.6) is 0 Å². The molecular formula is C18H25N7O. The Hall–Kier alpha value is -2.64. The molecule has 1 amide bonds. The molecule has 2 saturated heterocycles. The van der Waals surface area contributed by atoms with Crippen molar-refractivity contribution in [3.63, 3.8) is 0 Å². The minimum absolute atomic E-state index is 0.119. The molecule has 26 heavy (non-hydrogen) atoms. The Morgan fingerprint density at radius 1 is 1.31 bits per heavy atom. The summed E-state index contributed by atoms with van der Waals surface area (Å²) in [5.41, 5.74) is 7.01. The molecule has 8 heteroatoms. The summed E-state index contributed by atoms with van der Waals surface area (Å²) in [6, 6.07) is 1.71. The minimum Gasteiger partial charge on any atom is -0.384 e. The van der Waals surface area contributed by atoms with Crippen molar-refractivity contribution in [3.8, 4) is 0 Å². The quantitative estimate of drug-likeness (QED) is 0.855. The number of hydrogen-bond donors (Lipinski definition) is 2. The van der Waals surface area contributed by atoms with Gasteiger partial charge in [0.25, 0.3) is 0 Å². The van der Waals surface area contributed by atoms with E-state index in [9.17, 15) is 4.79 Å². The summed E-state index contributed by atoms with van der Waals surface area (Å²) in [5, 5.41) is 0. The van der Waals surface area contributed by atoms with Crippen LogP contribution in [0, 0.1) is 5.41 Å². The normalized spacial score (nSPS) is 23.6. The number of piperidine rings is 2. The van der Waals surface area contributed by atoms with Crippen LogP contribution in [0.1, 0.15) is 31.4 Å². The highest BCUT2D eigenvalue weighted by atomic mass is 16.2. The molecule has 1 spiro atoms. The number of nitrogens with zero attached hydrogens (tertiary/aromatic N) is 5. The standard InChI is InChI=1S/C18H25N7O/c19-15-3-7-21-17(23-15)25-8-1-5-18(12-25)6-2-16(26)24(11-18)9-4-14-10-20-13-22-14/h3,7,10,13H,1-2,4-6,8-9,11-12H2,(H,20,22)(H2,19,21,23)/t18-/m1/s1. The Labute approximate surface area is 152 Å². The van der Waals surface area contributed by atoms with Crippen LogP contribution in [0.2, 0.25) is 0 Å². The van der Waals surface area contributed by atoms with Crippen LogP contribution in [-0.4, -0.2) is 56.9 Å². The topological polar surface area (TPSA) is 104 Å². The first-order valence-corrected chi connectivity index (χ1v) is 9.22. The van der Waals surface area contributed by atoms with Gasteiger partial charge in [-0.15, -0.1) is 0 Å². The van der Waals surface area contributed by atoms with Crippen molar-refractivity contribution in [3.05, 3.63) is 30.5 Å². The van der Waals surface area contributed by atoms with Crippen molar-refractivity contribution in [1.29, 1.82) is 0 Å². The number of anilines is 2. The second-order valence-electron chi connectivity index (χ2n) is 7.45. The van der Waals surface area contributed by atoms with Crippen LogP contribution in [0.4, 0.5) is 11.8 Å². The number of aromatic nitrogens is 4. The first-order chi connectivity index (χ1) is 12.6. The number of likely N-dealkylation sites (tertiary alicyclic amines) is 1. The molecular weight excluding hydrogens is 330 g/mol. The molecule has 0 aliphatic carbocycles. The first-order valence-electron chi connectivity index (χ1n) is 9.22. The molecule has 1 atom stereocenters. The molecule has 2 aliphatic rings. The average Bonchev–Trinajstić information content (AvgIpc) is 3.17. The molecule has 0 aromatic carbocycles. The molecule has 2 fully saturated rings. The lowest BCUT2D eigenvalue weighted by atomic mass is 9.73. The first kappa shape index (κ1) is 16.8. The van der Waals surface area contributed by atoms with Gasteiger partial charge in [-0.2, -0.15) is 4.98 Å². The van der Waals surface area contributed by atoms with Crippen molar-refractivity contribution in [2.75, 3.05) is 36.8 Å². The highest BCUT2D eigenvalue weighted by molar-refractivity contribution is 5.77. The average molecular weight is 355 g/mol. The number of H-pyrrole nitrogens is 1. The van der Waals surface area contributed by atoms with Crippen LogP contribution in [0.25, 0.3) is 0 Å². The number of carbonyl (C=O) groups excluding carboxylic acids is 1. The molecule has 0 radical (unpaired) electrons. The number of hydrogen-bond acceptors (Lipinski definition) is 6. The van der Waals surface area contributed by atoms with Gasteiger partial charge in [-0.3, -0.25) is 4.79 Å². The second-order valence-corrected chi connectivity index (χ2v) is 7.45. The monoisotopic (exact) mass is 355 g/mol. The third-order valence-corrected chi connectivity index (χ3v) is 5.56. The molecule has 2 aromatic rings. The van der Waals surface area contributed by atoms with E-state index in [-0.39, 0.29) is 11.3 Å². The van der Waals surface area contributed by atoms with Crippen LogP contribution in [0.15, 0.2) is 24.8 Å². The van der Waals surface area contributed by atoms with Crippen molar-refractivity contribution < 1.29 is 4.79 Å². The highest BCUT2D eigenvalue weighted by Crippen LogP contribution is 2.39. The summed E-state index contributed by atoms with van der Waals surface area (Å²) in [4.78, 5) is 32.6. The van der Waals surface area contributed by atoms with Gasteiger partial charge >= 0.3 is 0 Å². The van der Waals surface area contributed by atoms with Gasteiger partial charge in [0.2, 0.25) is 11.9 Å². The molecule has 2 aliphatic heterocycles. The summed E-state index contributed by atoms with van der Waals surface area (Å²) in [7, 11) is 0. The molecule has 138 valence electrons. The second kappa shape index (κ2) is 6.93. The number of aromatic amines is 1. The van der Waals surface area contributed by atoms with E-state index in [1.165, 1.54) is 0 Å². The summed E-state index contributed by atoms with van der Waals surface area (Å²) < 4.78 is 0. The number of carbonyl (C=O) groups is 1. The van der Waals surface area contributed by atoms with Crippen molar-refractivity contribution in [1.82, 2.24) is 24.8 Å². The van der Waals surface area contributed by atoms with Crippen molar-refractivity contribution in [2.24, 2.45) is 5.41 Å². The fourth-order valence-electron chi connectivity index (χ4n) is 4.21. The van der Waals surface area contributed by atoms with E-state index in [0.29, 0.717) is 18.2 Å². The number of nitrogens with one attached hydrogen (secondary N) is 1. The number of nitrogen functional groups attached to an aromatic ring is 1. The minimum atomic E-state index is 0.119. The van der Waals surface area contributed by atoms with Gasteiger partial charge < -0.3 is 20.5 Å². The highest BCUT2D eigenvalue weighted by Gasteiger charge is 2.42. The maximum Gasteiger partial charge on any atom is 0.227 e. The van der Waals surface area contributed by atoms with Crippen LogP contribution < -0.4 is 10.6 Å². The molecule has 4 heterocycles. The van der Waals surface area contributed by atoms with Gasteiger partial charge in [0.1, 0.15) is 5.82 Å². The SMILES string of the molecule is Nc1ccnc(N2CCC[C@]3(CCC(=O)N(CCc4cnc[nH]4)C3)C2)n1. The maximum absolute atomic E-state index is 12.4. The predicted molar refractivity (Wildman–Crippen MR) is 98.4 cm³/mol. The van der Waals surface area contributed by atoms with Gasteiger partial charge in [0.15, 0.2) is 0 Å². The lowest BCUT2D eigenvalue weighted by molar-refractivity contribution is -0.137. The third-order valence-electron chi connectivity index (χ3n) is 5.56. The van der Waals surface area contributed by atoms with Crippen molar-refractivity contribution >= 4 is 17.7 Å². The molecule has 4 rings (SSSR count). The number of rotatable bonds is 4. The molecule has 0 saturated carbocycles. The fourth-order valence-corrected chi connectivity index (χ4v) is 4.21. The lowest BCUT2D eigenvalue weighted by Gasteiger charge is -2.48. The van der Waals surface area contributed by atoms with Crippen molar-refractivity contribution in [2.45, 2.75) is 32.1 Å². The smallest absolute Gasteiger partial charge is 0.227 e. The van der Waals surface area contributed by atoms with Crippen LogP contribution >= 0.6 is 0 Å². The Morgan fingerprint density at radius 2 is 2.23 bits per heavy atom. The molecule has 3 N–H and O–H groups in total.